The van der Waals surface area contributed by atoms with E-state index < -0.39 is 8.07 Å². The van der Waals surface area contributed by atoms with Gasteiger partial charge in [-0.2, -0.15) is 11.1 Å². The van der Waals surface area contributed by atoms with Gasteiger partial charge in [-0.25, -0.2) is 5.57 Å². The zero-order chi connectivity index (χ0) is 18.1. The Hall–Kier alpha value is -0.369. The first-order chi connectivity index (χ1) is 11.3. The van der Waals surface area contributed by atoms with Gasteiger partial charge in [0.2, 0.25) is 0 Å². The molecule has 0 aromatic heterocycles. The van der Waals surface area contributed by atoms with Crippen molar-refractivity contribution in [3.63, 3.8) is 0 Å². The van der Waals surface area contributed by atoms with Crippen molar-refractivity contribution in [3.05, 3.63) is 75.4 Å². The Bertz CT molecular complexity index is 634. The second-order valence-electron chi connectivity index (χ2n) is 7.98. The van der Waals surface area contributed by atoms with E-state index in [-0.39, 0.29) is 49.0 Å². The molecule has 28 heavy (non-hydrogen) atoms. The molecule has 0 N–H and O–H groups in total. The van der Waals surface area contributed by atoms with E-state index in [9.17, 15) is 0 Å². The van der Waals surface area contributed by atoms with Crippen LogP contribution in [0.5, 0.6) is 0 Å². The van der Waals surface area contributed by atoms with Crippen LogP contribution in [0.3, 0.4) is 0 Å². The maximum absolute atomic E-state index is 4.00. The molecule has 3 atom stereocenters. The van der Waals surface area contributed by atoms with Crippen LogP contribution >= 0.6 is 0 Å². The molecule has 0 saturated carbocycles. The SMILES string of the molecule is CCC(C)[Si](c1ccccc1)(C(C)CC)C1(C)[C-]=C(C)C(C)=C1C.[CH3-].[CH3-].[CH3-].[Ti+4]. The summed E-state index contributed by atoms with van der Waals surface area (Å²) in [7, 11) is -1.91. The smallest absolute Gasteiger partial charge is 0.358 e. The summed E-state index contributed by atoms with van der Waals surface area (Å²) in [6.45, 7) is 19.2. The number of benzene rings is 1. The number of hydrogen-bond donors (Lipinski definition) is 0. The average Bonchev–Trinajstić information content (AvgIpc) is 2.79. The normalized spacial score (nSPS) is 22.4. The molecule has 1 aliphatic rings. The molecular weight excluding hydrogens is 388 g/mol. The van der Waals surface area contributed by atoms with Crippen molar-refractivity contribution < 1.29 is 21.7 Å². The van der Waals surface area contributed by atoms with Crippen LogP contribution in [-0.2, 0) is 21.7 Å². The van der Waals surface area contributed by atoms with E-state index in [1.165, 1.54) is 24.0 Å². The molecule has 0 aliphatic heterocycles. The number of allylic oxidation sites excluding steroid dienone is 4. The Morgan fingerprint density at radius 1 is 0.893 bits per heavy atom. The van der Waals surface area contributed by atoms with Crippen molar-refractivity contribution in [1.82, 2.24) is 0 Å². The van der Waals surface area contributed by atoms with Gasteiger partial charge in [0, 0.05) is 0 Å². The Kier molecular flexibility index (Phi) is 14.3. The van der Waals surface area contributed by atoms with Crippen molar-refractivity contribution in [3.8, 4) is 0 Å². The molecule has 0 saturated heterocycles. The molecule has 0 heterocycles. The van der Waals surface area contributed by atoms with E-state index in [4.69, 9.17) is 0 Å². The first-order valence-corrected chi connectivity index (χ1v) is 11.8. The van der Waals surface area contributed by atoms with Crippen molar-refractivity contribution in [1.29, 1.82) is 0 Å². The summed E-state index contributed by atoms with van der Waals surface area (Å²) in [4.78, 5) is 0. The molecule has 0 spiro atoms. The quantitative estimate of drug-likeness (QED) is 0.314. The topological polar surface area (TPSA) is 0 Å². The van der Waals surface area contributed by atoms with Crippen molar-refractivity contribution in [2.24, 2.45) is 0 Å². The van der Waals surface area contributed by atoms with E-state index in [1.54, 1.807) is 10.8 Å². The first kappa shape index (κ1) is 32.3. The second-order valence-corrected chi connectivity index (χ2v) is 13.3. The third kappa shape index (κ3) is 4.68. The van der Waals surface area contributed by atoms with Gasteiger partial charge in [-0.1, -0.05) is 102 Å². The molecule has 2 heteroatoms. The molecule has 2 rings (SSSR count). The minimum Gasteiger partial charge on any atom is -0.358 e. The maximum Gasteiger partial charge on any atom is 4.00 e. The zero-order valence-corrected chi connectivity index (χ0v) is 23.0. The molecule has 3 unspecified atom stereocenters. The average molecular weight is 433 g/mol. The third-order valence-corrected chi connectivity index (χ3v) is 14.5. The van der Waals surface area contributed by atoms with Crippen molar-refractivity contribution >= 4 is 13.3 Å². The number of hydrogen-bond acceptors (Lipinski definition) is 0. The molecule has 0 nitrogen and oxygen atoms in total. The summed E-state index contributed by atoms with van der Waals surface area (Å²) < 4.78 is 0. The fourth-order valence-corrected chi connectivity index (χ4v) is 13.2. The van der Waals surface area contributed by atoms with Gasteiger partial charge in [0.1, 0.15) is 0 Å². The van der Waals surface area contributed by atoms with Gasteiger partial charge in [-0.3, -0.25) is 6.08 Å². The van der Waals surface area contributed by atoms with Crippen LogP contribution in [0.25, 0.3) is 0 Å². The van der Waals surface area contributed by atoms with Gasteiger partial charge in [-0.15, -0.1) is 6.92 Å². The Morgan fingerprint density at radius 3 is 1.64 bits per heavy atom. The molecular formula is C26H44SiTi. The Labute approximate surface area is 194 Å². The van der Waals surface area contributed by atoms with Crippen LogP contribution in [0.15, 0.2) is 47.1 Å². The Balaban J connectivity index is -0.00000156. The second kappa shape index (κ2) is 12.4. The van der Waals surface area contributed by atoms with Crippen molar-refractivity contribution in [2.75, 3.05) is 0 Å². The molecule has 1 aromatic carbocycles. The van der Waals surface area contributed by atoms with E-state index in [0.717, 1.165) is 11.1 Å². The predicted octanol–water partition coefficient (Wildman–Crippen LogP) is 8.15. The van der Waals surface area contributed by atoms with Crippen LogP contribution < -0.4 is 5.19 Å². The van der Waals surface area contributed by atoms with Gasteiger partial charge in [-0.05, 0) is 11.1 Å². The molecule has 156 valence electrons. The molecule has 1 aliphatic carbocycles. The van der Waals surface area contributed by atoms with Crippen LogP contribution in [0.2, 0.25) is 16.1 Å². The maximum atomic E-state index is 4.00. The minimum absolute atomic E-state index is 0. The zero-order valence-electron chi connectivity index (χ0n) is 20.5. The van der Waals surface area contributed by atoms with E-state index in [0.29, 0.717) is 0 Å². The fourth-order valence-electron chi connectivity index (χ4n) is 5.32. The molecule has 0 bridgehead atoms. The summed E-state index contributed by atoms with van der Waals surface area (Å²) >= 11 is 0. The van der Waals surface area contributed by atoms with E-state index in [2.05, 4.69) is 91.8 Å². The van der Waals surface area contributed by atoms with Crippen LogP contribution in [0.4, 0.5) is 0 Å². The first-order valence-electron chi connectivity index (χ1n) is 9.62. The van der Waals surface area contributed by atoms with Gasteiger partial charge in [0.15, 0.2) is 0 Å². The van der Waals surface area contributed by atoms with Gasteiger partial charge < -0.3 is 22.3 Å². The molecule has 0 fully saturated rings. The number of rotatable bonds is 6. The van der Waals surface area contributed by atoms with Crippen LogP contribution in [-0.4, -0.2) is 8.07 Å². The summed E-state index contributed by atoms with van der Waals surface area (Å²) in [5, 5.41) is 1.71. The molecule has 0 amide bonds. The standard InChI is InChI=1S/C23H35Si.3CH3.Ti/c1-9-18(4)24(19(5)10-2,22-14-12-11-13-15-22)23(8)16-17(3)20(6)21(23)7;;;;/h11-15,18-19H,9-10H2,1-8H3;3*1H3;/q4*-1;+4. The van der Waals surface area contributed by atoms with Crippen molar-refractivity contribution in [2.45, 2.75) is 84.4 Å². The van der Waals surface area contributed by atoms with Crippen LogP contribution in [0.1, 0.15) is 68.2 Å². The summed E-state index contributed by atoms with van der Waals surface area (Å²) in [5.74, 6) is 0. The predicted molar refractivity (Wildman–Crippen MR) is 130 cm³/mol. The largest absolute Gasteiger partial charge is 4.00 e. The van der Waals surface area contributed by atoms with Crippen LogP contribution in [0, 0.1) is 28.4 Å². The minimum atomic E-state index is -1.91. The van der Waals surface area contributed by atoms with Gasteiger partial charge in [0.05, 0.1) is 8.07 Å². The van der Waals surface area contributed by atoms with Gasteiger partial charge in [0.25, 0.3) is 0 Å². The molecule has 0 radical (unpaired) electrons. The molecule has 1 aromatic rings. The van der Waals surface area contributed by atoms with E-state index in [1.807, 2.05) is 0 Å². The summed E-state index contributed by atoms with van der Waals surface area (Å²) in [5.41, 5.74) is 5.85. The summed E-state index contributed by atoms with van der Waals surface area (Å²) in [6.07, 6.45) is 6.49. The van der Waals surface area contributed by atoms with E-state index >= 15 is 0 Å². The van der Waals surface area contributed by atoms with Gasteiger partial charge >= 0.3 is 21.7 Å². The third-order valence-electron chi connectivity index (χ3n) is 7.17. The Morgan fingerprint density at radius 2 is 1.32 bits per heavy atom. The monoisotopic (exact) mass is 432 g/mol. The fraction of sp³-hybridized carbons (Fsp3) is 0.500. The summed E-state index contributed by atoms with van der Waals surface area (Å²) in [6, 6.07) is 11.5.